The van der Waals surface area contributed by atoms with E-state index in [4.69, 9.17) is 9.88 Å². The Hall–Kier alpha value is -1.68. The molecule has 0 aliphatic rings. The quantitative estimate of drug-likeness (QED) is 0.644. The fourth-order valence-corrected chi connectivity index (χ4v) is 2.48. The molecule has 23 heavy (non-hydrogen) atoms. The molecule has 0 radical (unpaired) electrons. The molecular formula is C14H23N3O5S. The normalized spacial score (nSPS) is 14.1. The topological polar surface area (TPSA) is 122 Å². The molecule has 0 aliphatic carbocycles. The van der Waals surface area contributed by atoms with Crippen molar-refractivity contribution < 1.29 is 23.1 Å². The average Bonchev–Trinajstić information content (AvgIpc) is 2.46. The molecule has 0 unspecified atom stereocenters. The van der Waals surface area contributed by atoms with Crippen LogP contribution < -0.4 is 10.5 Å². The number of benzene rings is 1. The molecule has 0 fully saturated rings. The number of likely N-dealkylation sites (N-methyl/N-ethyl adjacent to an activating group) is 1. The highest BCUT2D eigenvalue weighted by atomic mass is 32.2. The van der Waals surface area contributed by atoms with E-state index in [2.05, 4.69) is 5.32 Å². The highest BCUT2D eigenvalue weighted by molar-refractivity contribution is 7.89. The molecule has 2 amide bonds. The van der Waals surface area contributed by atoms with Gasteiger partial charge in [-0.25, -0.2) is 18.4 Å². The zero-order valence-corrected chi connectivity index (χ0v) is 14.2. The minimum Gasteiger partial charge on any atom is -0.389 e. The Labute approximate surface area is 136 Å². The van der Waals surface area contributed by atoms with E-state index in [1.54, 1.807) is 26.1 Å². The van der Waals surface area contributed by atoms with Crippen LogP contribution in [0.25, 0.3) is 0 Å². The van der Waals surface area contributed by atoms with Crippen molar-refractivity contribution in [2.24, 2.45) is 5.14 Å². The highest BCUT2D eigenvalue weighted by Gasteiger charge is 2.17. The third-order valence-corrected chi connectivity index (χ3v) is 4.17. The van der Waals surface area contributed by atoms with Crippen molar-refractivity contribution in [2.45, 2.75) is 24.0 Å². The molecule has 0 aromatic heterocycles. The largest absolute Gasteiger partial charge is 0.389 e. The van der Waals surface area contributed by atoms with Crippen LogP contribution in [-0.4, -0.2) is 57.9 Å². The zero-order valence-electron chi connectivity index (χ0n) is 13.4. The average molecular weight is 345 g/mol. The van der Waals surface area contributed by atoms with E-state index < -0.39 is 16.1 Å². The van der Waals surface area contributed by atoms with Gasteiger partial charge in [0.15, 0.2) is 0 Å². The minimum atomic E-state index is -3.74. The third kappa shape index (κ3) is 6.14. The molecule has 0 aliphatic heterocycles. The molecule has 0 heterocycles. The summed E-state index contributed by atoms with van der Waals surface area (Å²) in [5, 5.41) is 17.4. The summed E-state index contributed by atoms with van der Waals surface area (Å²) in [6, 6.07) is 5.26. The number of urea groups is 1. The first-order valence-corrected chi connectivity index (χ1v) is 8.51. The Kier molecular flexibility index (Phi) is 6.95. The first-order valence-electron chi connectivity index (χ1n) is 6.96. The van der Waals surface area contributed by atoms with Gasteiger partial charge in [-0.3, -0.25) is 0 Å². The maximum Gasteiger partial charge on any atom is 0.317 e. The molecule has 0 saturated heterocycles. The molecule has 130 valence electrons. The number of hydrogen-bond donors (Lipinski definition) is 3. The fourth-order valence-electron chi connectivity index (χ4n) is 1.97. The molecule has 0 spiro atoms. The Balaban J connectivity index is 2.64. The number of rotatable bonds is 7. The number of aliphatic hydroxyl groups is 1. The lowest BCUT2D eigenvalue weighted by molar-refractivity contribution is 0.0488. The van der Waals surface area contributed by atoms with Crippen LogP contribution in [0.4, 0.5) is 4.79 Å². The number of methoxy groups -OCH3 is 1. The molecule has 0 bridgehead atoms. The summed E-state index contributed by atoms with van der Waals surface area (Å²) in [7, 11) is -0.707. The smallest absolute Gasteiger partial charge is 0.317 e. The second kappa shape index (κ2) is 8.25. The maximum atomic E-state index is 12.0. The molecule has 1 aromatic carbocycles. The van der Waals surface area contributed by atoms with Crippen molar-refractivity contribution in [1.82, 2.24) is 10.2 Å². The van der Waals surface area contributed by atoms with Gasteiger partial charge < -0.3 is 20.1 Å². The standard InChI is InChI=1S/C14H23N3O5S/c1-10(11-4-6-13(7-5-11)23(15,20)21)16-14(19)17(2)8-12(18)9-22-3/h4-7,10,12,18H,8-9H2,1-3H3,(H,16,19)(H2,15,20,21)/t10-,12-/m0/s1. The van der Waals surface area contributed by atoms with Gasteiger partial charge in [0, 0.05) is 14.2 Å². The number of aliphatic hydroxyl groups excluding tert-OH is 1. The van der Waals surface area contributed by atoms with Gasteiger partial charge in [-0.05, 0) is 24.6 Å². The Bertz CT molecular complexity index is 618. The van der Waals surface area contributed by atoms with Crippen LogP contribution in [0.3, 0.4) is 0 Å². The number of nitrogens with zero attached hydrogens (tertiary/aromatic N) is 1. The van der Waals surface area contributed by atoms with Crippen molar-refractivity contribution >= 4 is 16.1 Å². The van der Waals surface area contributed by atoms with Gasteiger partial charge in [-0.15, -0.1) is 0 Å². The van der Waals surface area contributed by atoms with Crippen LogP contribution in [0.5, 0.6) is 0 Å². The van der Waals surface area contributed by atoms with Crippen LogP contribution in [0.2, 0.25) is 0 Å². The monoisotopic (exact) mass is 345 g/mol. The van der Waals surface area contributed by atoms with Crippen molar-refractivity contribution in [1.29, 1.82) is 0 Å². The van der Waals surface area contributed by atoms with Gasteiger partial charge in [0.25, 0.3) is 0 Å². The number of nitrogens with one attached hydrogen (secondary N) is 1. The molecule has 1 aromatic rings. The lowest BCUT2D eigenvalue weighted by atomic mass is 10.1. The first kappa shape index (κ1) is 19.4. The van der Waals surface area contributed by atoms with Crippen molar-refractivity contribution in [2.75, 3.05) is 27.3 Å². The highest BCUT2D eigenvalue weighted by Crippen LogP contribution is 2.15. The second-order valence-corrected chi connectivity index (χ2v) is 6.84. The van der Waals surface area contributed by atoms with Crippen molar-refractivity contribution in [3.8, 4) is 0 Å². The number of hydrogen-bond acceptors (Lipinski definition) is 5. The van der Waals surface area contributed by atoms with Gasteiger partial charge in [0.2, 0.25) is 10.0 Å². The number of sulfonamides is 1. The van der Waals surface area contributed by atoms with E-state index in [1.165, 1.54) is 24.1 Å². The summed E-state index contributed by atoms with van der Waals surface area (Å²) in [5.74, 6) is 0. The lowest BCUT2D eigenvalue weighted by Gasteiger charge is -2.23. The van der Waals surface area contributed by atoms with E-state index in [-0.39, 0.29) is 30.1 Å². The summed E-state index contributed by atoms with van der Waals surface area (Å²) in [6.07, 6.45) is -0.764. The summed E-state index contributed by atoms with van der Waals surface area (Å²) < 4.78 is 27.2. The van der Waals surface area contributed by atoms with Crippen LogP contribution >= 0.6 is 0 Å². The molecular weight excluding hydrogens is 322 g/mol. The van der Waals surface area contributed by atoms with Gasteiger partial charge in [-0.2, -0.15) is 0 Å². The number of primary sulfonamides is 1. The van der Waals surface area contributed by atoms with E-state index >= 15 is 0 Å². The minimum absolute atomic E-state index is 0.0135. The number of nitrogens with two attached hydrogens (primary N) is 1. The number of amides is 2. The molecule has 0 saturated carbocycles. The number of carbonyl (C=O) groups excluding carboxylic acids is 1. The fraction of sp³-hybridized carbons (Fsp3) is 0.500. The van der Waals surface area contributed by atoms with E-state index in [0.717, 1.165) is 5.56 Å². The second-order valence-electron chi connectivity index (χ2n) is 5.27. The first-order chi connectivity index (χ1) is 10.6. The molecule has 4 N–H and O–H groups in total. The van der Waals surface area contributed by atoms with Crippen LogP contribution in [-0.2, 0) is 14.8 Å². The van der Waals surface area contributed by atoms with Gasteiger partial charge >= 0.3 is 6.03 Å². The third-order valence-electron chi connectivity index (χ3n) is 3.24. The molecule has 9 heteroatoms. The van der Waals surface area contributed by atoms with E-state index in [9.17, 15) is 18.3 Å². The van der Waals surface area contributed by atoms with Crippen LogP contribution in [0.1, 0.15) is 18.5 Å². The molecule has 2 atom stereocenters. The molecule has 8 nitrogen and oxygen atoms in total. The van der Waals surface area contributed by atoms with E-state index in [1.807, 2.05) is 0 Å². The van der Waals surface area contributed by atoms with Gasteiger partial charge in [0.05, 0.1) is 30.2 Å². The maximum absolute atomic E-state index is 12.0. The van der Waals surface area contributed by atoms with Crippen LogP contribution in [0, 0.1) is 0 Å². The zero-order chi connectivity index (χ0) is 17.6. The SMILES string of the molecule is COC[C@@H](O)CN(C)C(=O)N[C@@H](C)c1ccc(S(N)(=O)=O)cc1. The predicted molar refractivity (Wildman–Crippen MR) is 85.3 cm³/mol. The lowest BCUT2D eigenvalue weighted by Crippen LogP contribution is -2.43. The Morgan fingerprint density at radius 1 is 1.39 bits per heavy atom. The Morgan fingerprint density at radius 2 is 1.96 bits per heavy atom. The van der Waals surface area contributed by atoms with Gasteiger partial charge in [0.1, 0.15) is 0 Å². The Morgan fingerprint density at radius 3 is 2.43 bits per heavy atom. The summed E-state index contributed by atoms with van der Waals surface area (Å²) >= 11 is 0. The predicted octanol–water partition coefficient (Wildman–Crippen LogP) is 0.0437. The van der Waals surface area contributed by atoms with E-state index in [0.29, 0.717) is 0 Å². The summed E-state index contributed by atoms with van der Waals surface area (Å²) in [5.41, 5.74) is 0.733. The van der Waals surface area contributed by atoms with Crippen molar-refractivity contribution in [3.63, 3.8) is 0 Å². The van der Waals surface area contributed by atoms with Gasteiger partial charge in [-0.1, -0.05) is 12.1 Å². The number of ether oxygens (including phenoxy) is 1. The summed E-state index contributed by atoms with van der Waals surface area (Å²) in [4.78, 5) is 13.4. The van der Waals surface area contributed by atoms with Crippen LogP contribution in [0.15, 0.2) is 29.2 Å². The number of carbonyl (C=O) groups is 1. The summed E-state index contributed by atoms with van der Waals surface area (Å²) in [6.45, 7) is 2.04. The van der Waals surface area contributed by atoms with Crippen molar-refractivity contribution in [3.05, 3.63) is 29.8 Å². The molecule has 1 rings (SSSR count).